The molecule has 156 valence electrons. The maximum atomic E-state index is 12.7. The average Bonchev–Trinajstić information content (AvgIpc) is 3.18. The molecule has 1 aliphatic rings. The Morgan fingerprint density at radius 1 is 1.14 bits per heavy atom. The summed E-state index contributed by atoms with van der Waals surface area (Å²) in [6.07, 6.45) is 1.23. The molecular formula is C20H25N3O4S2. The molecule has 1 aromatic carbocycles. The van der Waals surface area contributed by atoms with E-state index in [1.807, 2.05) is 38.2 Å². The second-order valence-electron chi connectivity index (χ2n) is 7.34. The predicted molar refractivity (Wildman–Crippen MR) is 112 cm³/mol. The van der Waals surface area contributed by atoms with E-state index in [9.17, 15) is 18.0 Å². The van der Waals surface area contributed by atoms with Crippen molar-refractivity contribution in [2.75, 3.05) is 20.1 Å². The van der Waals surface area contributed by atoms with Crippen LogP contribution in [0.2, 0.25) is 0 Å². The monoisotopic (exact) mass is 435 g/mol. The minimum atomic E-state index is -4.10. The number of nitrogens with one attached hydrogen (secondary N) is 2. The van der Waals surface area contributed by atoms with E-state index in [0.29, 0.717) is 12.8 Å². The van der Waals surface area contributed by atoms with Crippen molar-refractivity contribution in [2.24, 2.45) is 5.92 Å². The van der Waals surface area contributed by atoms with Crippen LogP contribution in [-0.4, -0.2) is 45.3 Å². The van der Waals surface area contributed by atoms with Gasteiger partial charge in [0.25, 0.3) is 15.9 Å². The van der Waals surface area contributed by atoms with Gasteiger partial charge >= 0.3 is 0 Å². The van der Waals surface area contributed by atoms with Gasteiger partial charge < -0.3 is 10.2 Å². The first-order chi connectivity index (χ1) is 13.8. The van der Waals surface area contributed by atoms with Crippen LogP contribution in [0, 0.1) is 12.8 Å². The Balaban J connectivity index is 1.66. The molecule has 0 unspecified atom stereocenters. The molecule has 0 atom stereocenters. The fraction of sp³-hybridized carbons (Fsp3) is 0.400. The summed E-state index contributed by atoms with van der Waals surface area (Å²) in [6.45, 7) is 3.77. The molecule has 0 spiro atoms. The van der Waals surface area contributed by atoms with Gasteiger partial charge in [0.15, 0.2) is 4.21 Å². The Kier molecular flexibility index (Phi) is 6.71. The lowest BCUT2D eigenvalue weighted by atomic mass is 9.97. The topological polar surface area (TPSA) is 95.6 Å². The third-order valence-corrected chi connectivity index (χ3v) is 7.85. The van der Waals surface area contributed by atoms with Gasteiger partial charge in [-0.1, -0.05) is 29.8 Å². The van der Waals surface area contributed by atoms with Crippen LogP contribution < -0.4 is 10.0 Å². The van der Waals surface area contributed by atoms with Crippen LogP contribution in [0.15, 0.2) is 39.9 Å². The summed E-state index contributed by atoms with van der Waals surface area (Å²) >= 11 is 0.926. The summed E-state index contributed by atoms with van der Waals surface area (Å²) in [4.78, 5) is 27.1. The number of nitrogens with zero attached hydrogens (tertiary/aromatic N) is 1. The highest BCUT2D eigenvalue weighted by Gasteiger charge is 2.30. The van der Waals surface area contributed by atoms with Crippen molar-refractivity contribution in [3.05, 3.63) is 52.4 Å². The molecule has 0 saturated carbocycles. The van der Waals surface area contributed by atoms with Crippen LogP contribution >= 0.6 is 11.3 Å². The lowest BCUT2D eigenvalue weighted by molar-refractivity contribution is -0.124. The van der Waals surface area contributed by atoms with Crippen LogP contribution in [0.4, 0.5) is 0 Å². The first-order valence-corrected chi connectivity index (χ1v) is 11.8. The molecule has 1 aromatic heterocycles. The first kappa shape index (κ1) is 21.5. The largest absolute Gasteiger partial charge is 0.348 e. The molecule has 0 radical (unpaired) electrons. The van der Waals surface area contributed by atoms with Crippen LogP contribution in [0.3, 0.4) is 0 Å². The molecule has 0 bridgehead atoms. The standard InChI is InChI=1S/C20H25N3O4S2/c1-14-3-5-15(6-4-14)13-21-19(25)17-9-12-28-20(17)29(26,27)22-18(24)16-7-10-23(2)11-8-16/h3-6,9,12,16H,7-8,10-11,13H2,1-2H3,(H,21,25)(H,22,24). The van der Waals surface area contributed by atoms with Crippen molar-refractivity contribution in [2.45, 2.75) is 30.5 Å². The Hall–Kier alpha value is -2.23. The molecule has 2 heterocycles. The summed E-state index contributed by atoms with van der Waals surface area (Å²) in [7, 11) is -2.13. The smallest absolute Gasteiger partial charge is 0.274 e. The van der Waals surface area contributed by atoms with Gasteiger partial charge in [-0.3, -0.25) is 9.59 Å². The molecule has 0 aliphatic carbocycles. The molecule has 2 N–H and O–H groups in total. The molecule has 1 fully saturated rings. The van der Waals surface area contributed by atoms with E-state index in [2.05, 4.69) is 14.9 Å². The maximum absolute atomic E-state index is 12.7. The Labute approximate surface area is 175 Å². The van der Waals surface area contributed by atoms with Crippen LogP contribution in [0.5, 0.6) is 0 Å². The predicted octanol–water partition coefficient (Wildman–Crippen LogP) is 2.13. The minimum absolute atomic E-state index is 0.0470. The molecular weight excluding hydrogens is 410 g/mol. The van der Waals surface area contributed by atoms with E-state index in [-0.39, 0.29) is 22.2 Å². The van der Waals surface area contributed by atoms with E-state index < -0.39 is 21.8 Å². The molecule has 1 saturated heterocycles. The van der Waals surface area contributed by atoms with E-state index in [4.69, 9.17) is 0 Å². The van der Waals surface area contributed by atoms with Crippen molar-refractivity contribution >= 4 is 33.2 Å². The number of aryl methyl sites for hydroxylation is 1. The number of rotatable bonds is 6. The Morgan fingerprint density at radius 3 is 2.45 bits per heavy atom. The summed E-state index contributed by atoms with van der Waals surface area (Å²) in [5.41, 5.74) is 2.08. The summed E-state index contributed by atoms with van der Waals surface area (Å²) in [6, 6.07) is 9.16. The molecule has 29 heavy (non-hydrogen) atoms. The molecule has 7 nitrogen and oxygen atoms in total. The number of carbonyl (C=O) groups excluding carboxylic acids is 2. The van der Waals surface area contributed by atoms with E-state index in [1.54, 1.807) is 0 Å². The second kappa shape index (κ2) is 9.06. The number of hydrogen-bond acceptors (Lipinski definition) is 6. The van der Waals surface area contributed by atoms with Gasteiger partial charge in [-0.25, -0.2) is 13.1 Å². The highest BCUT2D eigenvalue weighted by molar-refractivity contribution is 7.92. The summed E-state index contributed by atoms with van der Waals surface area (Å²) < 4.78 is 27.5. The molecule has 3 rings (SSSR count). The van der Waals surface area contributed by atoms with Gasteiger partial charge in [0.1, 0.15) is 0 Å². The van der Waals surface area contributed by atoms with Crippen molar-refractivity contribution in [1.29, 1.82) is 0 Å². The first-order valence-electron chi connectivity index (χ1n) is 9.42. The highest BCUT2D eigenvalue weighted by atomic mass is 32.2. The number of piperidine rings is 1. The second-order valence-corrected chi connectivity index (χ2v) is 10.1. The molecule has 2 aromatic rings. The maximum Gasteiger partial charge on any atom is 0.274 e. The van der Waals surface area contributed by atoms with Gasteiger partial charge in [-0.2, -0.15) is 0 Å². The lowest BCUT2D eigenvalue weighted by Crippen LogP contribution is -2.41. The summed E-state index contributed by atoms with van der Waals surface area (Å²) in [5.74, 6) is -1.32. The van der Waals surface area contributed by atoms with Gasteiger partial charge in [-0.05, 0) is 56.9 Å². The number of likely N-dealkylation sites (tertiary alicyclic amines) is 1. The quantitative estimate of drug-likeness (QED) is 0.725. The number of thiophene rings is 1. The van der Waals surface area contributed by atoms with E-state index >= 15 is 0 Å². The number of amides is 2. The average molecular weight is 436 g/mol. The minimum Gasteiger partial charge on any atom is -0.348 e. The fourth-order valence-electron chi connectivity index (χ4n) is 3.19. The van der Waals surface area contributed by atoms with Gasteiger partial charge in [-0.15, -0.1) is 11.3 Å². The Morgan fingerprint density at radius 2 is 1.79 bits per heavy atom. The lowest BCUT2D eigenvalue weighted by Gasteiger charge is -2.27. The van der Waals surface area contributed by atoms with E-state index in [0.717, 1.165) is 35.6 Å². The SMILES string of the molecule is Cc1ccc(CNC(=O)c2ccsc2S(=O)(=O)NC(=O)C2CCN(C)CC2)cc1. The zero-order chi connectivity index (χ0) is 21.0. The highest BCUT2D eigenvalue weighted by Crippen LogP contribution is 2.24. The summed E-state index contributed by atoms with van der Waals surface area (Å²) in [5, 5.41) is 4.28. The zero-order valence-corrected chi connectivity index (χ0v) is 18.1. The normalized spacial score (nSPS) is 15.8. The van der Waals surface area contributed by atoms with Crippen molar-refractivity contribution in [3.63, 3.8) is 0 Å². The van der Waals surface area contributed by atoms with E-state index in [1.165, 1.54) is 11.4 Å². The number of benzene rings is 1. The number of sulfonamides is 1. The van der Waals surface area contributed by atoms with Crippen LogP contribution in [0.1, 0.15) is 34.3 Å². The Bertz CT molecular complexity index is 975. The third kappa shape index (κ3) is 5.43. The molecule has 9 heteroatoms. The van der Waals surface area contributed by atoms with Gasteiger partial charge in [0.2, 0.25) is 5.91 Å². The molecule has 1 aliphatic heterocycles. The fourth-order valence-corrected chi connectivity index (χ4v) is 5.58. The molecule has 2 amide bonds. The number of hydrogen-bond donors (Lipinski definition) is 2. The van der Waals surface area contributed by atoms with Crippen molar-refractivity contribution in [1.82, 2.24) is 14.9 Å². The van der Waals surface area contributed by atoms with Gasteiger partial charge in [0.05, 0.1) is 5.56 Å². The third-order valence-electron chi connectivity index (χ3n) is 5.02. The van der Waals surface area contributed by atoms with Crippen molar-refractivity contribution < 1.29 is 18.0 Å². The van der Waals surface area contributed by atoms with Crippen molar-refractivity contribution in [3.8, 4) is 0 Å². The number of carbonyl (C=O) groups is 2. The zero-order valence-electron chi connectivity index (χ0n) is 16.5. The van der Waals surface area contributed by atoms with Crippen LogP contribution in [0.25, 0.3) is 0 Å². The van der Waals surface area contributed by atoms with Gasteiger partial charge in [0, 0.05) is 12.5 Å². The van der Waals surface area contributed by atoms with Crippen LogP contribution in [-0.2, 0) is 21.4 Å².